The number of rotatable bonds is 6. The average molecular weight is 756 g/mol. The van der Waals surface area contributed by atoms with Crippen LogP contribution in [0.4, 0.5) is 17.1 Å². The Labute approximate surface area is 338 Å². The largest absolute Gasteiger partial charge is 0.455 e. The van der Waals surface area contributed by atoms with Crippen molar-refractivity contribution in [2.75, 3.05) is 4.90 Å². The maximum atomic E-state index is 6.71. The summed E-state index contributed by atoms with van der Waals surface area (Å²) in [6.45, 7) is 0. The van der Waals surface area contributed by atoms with Crippen molar-refractivity contribution in [3.8, 4) is 28.7 Å². The summed E-state index contributed by atoms with van der Waals surface area (Å²) in [4.78, 5) is 18.1. The number of nitrogens with zero attached hydrogens (tertiary/aromatic N) is 5. The Morgan fingerprint density at radius 2 is 1.00 bits per heavy atom. The highest BCUT2D eigenvalue weighted by Crippen LogP contribution is 2.43. The van der Waals surface area contributed by atoms with Gasteiger partial charge >= 0.3 is 0 Å². The van der Waals surface area contributed by atoms with Crippen LogP contribution in [0.15, 0.2) is 205 Å². The Morgan fingerprint density at radius 1 is 0.407 bits per heavy atom. The van der Waals surface area contributed by atoms with Crippen molar-refractivity contribution < 1.29 is 4.42 Å². The molecular formula is C53H33N5O. The molecule has 0 aliphatic rings. The highest BCUT2D eigenvalue weighted by Gasteiger charge is 2.23. The fourth-order valence-corrected chi connectivity index (χ4v) is 8.78. The van der Waals surface area contributed by atoms with Crippen LogP contribution in [-0.4, -0.2) is 19.5 Å². The van der Waals surface area contributed by atoms with Gasteiger partial charge in [-0.05, 0) is 82.2 Å². The summed E-state index contributed by atoms with van der Waals surface area (Å²) in [7, 11) is 0. The van der Waals surface area contributed by atoms with Gasteiger partial charge in [0.15, 0.2) is 11.6 Å². The molecule has 0 N–H and O–H groups in total. The second-order valence-electron chi connectivity index (χ2n) is 14.8. The van der Waals surface area contributed by atoms with E-state index in [1.807, 2.05) is 36.4 Å². The number of benzene rings is 9. The SMILES string of the molecule is c1ccc(-c2nc(-c3cccc4c3oc3ccc5ccccc5c34)nc(-n3c4ccc(N(c5ccccc5)c5ccccc5)cc4c4c5ccccc5ccc43)n2)cc1. The predicted octanol–water partition coefficient (Wildman–Crippen LogP) is 14.0. The topological polar surface area (TPSA) is 60.0 Å². The summed E-state index contributed by atoms with van der Waals surface area (Å²) in [5.74, 6) is 1.64. The molecule has 12 rings (SSSR count). The average Bonchev–Trinajstić information content (AvgIpc) is 3.86. The molecule has 59 heavy (non-hydrogen) atoms. The van der Waals surface area contributed by atoms with Crippen LogP contribution in [0.25, 0.3) is 94.0 Å². The quantitative estimate of drug-likeness (QED) is 0.169. The maximum absolute atomic E-state index is 6.71. The molecule has 6 nitrogen and oxygen atoms in total. The molecule has 0 saturated carbocycles. The molecule has 9 aromatic carbocycles. The van der Waals surface area contributed by atoms with Crippen LogP contribution in [0.5, 0.6) is 0 Å². The van der Waals surface area contributed by atoms with Gasteiger partial charge in [0, 0.05) is 44.2 Å². The molecule has 0 aliphatic heterocycles. The van der Waals surface area contributed by atoms with Crippen molar-refractivity contribution >= 4 is 82.4 Å². The lowest BCUT2D eigenvalue weighted by molar-refractivity contribution is 0.669. The normalized spacial score (nSPS) is 11.7. The third-order valence-corrected chi connectivity index (χ3v) is 11.4. The Bertz CT molecular complexity index is 3520. The molecule has 0 radical (unpaired) electrons. The molecule has 0 spiro atoms. The second-order valence-corrected chi connectivity index (χ2v) is 14.8. The van der Waals surface area contributed by atoms with E-state index < -0.39 is 0 Å². The van der Waals surface area contributed by atoms with E-state index in [2.05, 4.69) is 173 Å². The number of para-hydroxylation sites is 3. The van der Waals surface area contributed by atoms with Crippen molar-refractivity contribution in [1.82, 2.24) is 19.5 Å². The molecular weight excluding hydrogens is 723 g/mol. The molecule has 0 saturated heterocycles. The lowest BCUT2D eigenvalue weighted by Gasteiger charge is -2.25. The smallest absolute Gasteiger partial charge is 0.238 e. The zero-order valence-corrected chi connectivity index (χ0v) is 31.7. The van der Waals surface area contributed by atoms with Crippen LogP contribution < -0.4 is 4.90 Å². The van der Waals surface area contributed by atoms with E-state index in [1.165, 1.54) is 5.39 Å². The third-order valence-electron chi connectivity index (χ3n) is 11.4. The Morgan fingerprint density at radius 3 is 1.73 bits per heavy atom. The monoisotopic (exact) mass is 755 g/mol. The van der Waals surface area contributed by atoms with Gasteiger partial charge < -0.3 is 9.32 Å². The van der Waals surface area contributed by atoms with Crippen LogP contribution in [0.1, 0.15) is 0 Å². The molecule has 0 aliphatic carbocycles. The van der Waals surface area contributed by atoms with Crippen molar-refractivity contribution in [2.45, 2.75) is 0 Å². The lowest BCUT2D eigenvalue weighted by atomic mass is 10.0. The van der Waals surface area contributed by atoms with Gasteiger partial charge in [-0.25, -0.2) is 4.98 Å². The van der Waals surface area contributed by atoms with Crippen molar-refractivity contribution in [2.24, 2.45) is 0 Å². The number of aromatic nitrogens is 4. The Hall–Kier alpha value is -8.09. The van der Waals surface area contributed by atoms with E-state index in [1.54, 1.807) is 0 Å². The van der Waals surface area contributed by atoms with Gasteiger partial charge in [-0.2, -0.15) is 9.97 Å². The molecule has 0 bridgehead atoms. The minimum atomic E-state index is 0.526. The number of hydrogen-bond donors (Lipinski definition) is 0. The molecule has 6 heteroatoms. The maximum Gasteiger partial charge on any atom is 0.238 e. The first-order valence-corrected chi connectivity index (χ1v) is 19.8. The number of fused-ring (bicyclic) bond motifs is 10. The number of furan rings is 1. The van der Waals surface area contributed by atoms with Gasteiger partial charge in [-0.3, -0.25) is 4.57 Å². The molecule has 0 atom stereocenters. The molecule has 276 valence electrons. The molecule has 3 heterocycles. The van der Waals surface area contributed by atoms with Gasteiger partial charge in [-0.1, -0.05) is 140 Å². The first kappa shape index (κ1) is 33.1. The molecule has 12 aromatic rings. The van der Waals surface area contributed by atoms with E-state index in [0.29, 0.717) is 17.6 Å². The van der Waals surface area contributed by atoms with E-state index in [0.717, 1.165) is 88.1 Å². The van der Waals surface area contributed by atoms with E-state index in [-0.39, 0.29) is 0 Å². The van der Waals surface area contributed by atoms with E-state index in [4.69, 9.17) is 19.4 Å². The number of hydrogen-bond acceptors (Lipinski definition) is 5. The highest BCUT2D eigenvalue weighted by atomic mass is 16.3. The summed E-state index contributed by atoms with van der Waals surface area (Å²) in [6.07, 6.45) is 0. The lowest BCUT2D eigenvalue weighted by Crippen LogP contribution is -2.09. The number of anilines is 3. The first-order chi connectivity index (χ1) is 29.3. The van der Waals surface area contributed by atoms with Gasteiger partial charge in [0.1, 0.15) is 11.2 Å². The van der Waals surface area contributed by atoms with Gasteiger partial charge in [0.2, 0.25) is 5.95 Å². The van der Waals surface area contributed by atoms with Crippen molar-refractivity contribution in [3.63, 3.8) is 0 Å². The van der Waals surface area contributed by atoms with Gasteiger partial charge in [0.05, 0.1) is 16.6 Å². The fraction of sp³-hybridized carbons (Fsp3) is 0. The van der Waals surface area contributed by atoms with Gasteiger partial charge in [-0.15, -0.1) is 0 Å². The minimum absolute atomic E-state index is 0.526. The molecule has 0 fully saturated rings. The zero-order chi connectivity index (χ0) is 38.9. The summed E-state index contributed by atoms with van der Waals surface area (Å²) < 4.78 is 8.90. The predicted molar refractivity (Wildman–Crippen MR) is 242 cm³/mol. The first-order valence-electron chi connectivity index (χ1n) is 19.8. The van der Waals surface area contributed by atoms with Crippen LogP contribution in [0, 0.1) is 0 Å². The molecule has 3 aromatic heterocycles. The second kappa shape index (κ2) is 13.3. The van der Waals surface area contributed by atoms with Crippen LogP contribution >= 0.6 is 0 Å². The van der Waals surface area contributed by atoms with E-state index >= 15 is 0 Å². The summed E-state index contributed by atoms with van der Waals surface area (Å²) in [6, 6.07) is 69.7. The van der Waals surface area contributed by atoms with Crippen LogP contribution in [-0.2, 0) is 0 Å². The van der Waals surface area contributed by atoms with E-state index in [9.17, 15) is 0 Å². The standard InChI is InChI=1S/C53H33N5O/c1-4-17-36(18-5-1)51-54-52(43-26-14-25-42-49-41-24-13-11-16-35(41)28-32-47(49)59-50(42)43)56-53(55-51)58-45-31-29-39(57(37-19-6-2-7-20-37)38-21-8-3-9-22-38)33-44(45)48-40-23-12-10-15-34(40)27-30-46(48)58/h1-33H. The summed E-state index contributed by atoms with van der Waals surface area (Å²) >= 11 is 0. The van der Waals surface area contributed by atoms with Gasteiger partial charge in [0.25, 0.3) is 0 Å². The van der Waals surface area contributed by atoms with Crippen LogP contribution in [0.2, 0.25) is 0 Å². The van der Waals surface area contributed by atoms with Crippen molar-refractivity contribution in [3.05, 3.63) is 200 Å². The zero-order valence-electron chi connectivity index (χ0n) is 31.7. The molecule has 0 amide bonds. The minimum Gasteiger partial charge on any atom is -0.455 e. The third kappa shape index (κ3) is 5.31. The molecule has 0 unspecified atom stereocenters. The van der Waals surface area contributed by atoms with Crippen LogP contribution in [0.3, 0.4) is 0 Å². The summed E-state index contributed by atoms with van der Waals surface area (Å²) in [5, 5.41) is 8.98. The Balaban J connectivity index is 1.14. The highest BCUT2D eigenvalue weighted by molar-refractivity contribution is 6.22. The fourth-order valence-electron chi connectivity index (χ4n) is 8.78. The Kier molecular flexibility index (Phi) is 7.43. The summed E-state index contributed by atoms with van der Waals surface area (Å²) in [5.41, 5.74) is 8.48. The van der Waals surface area contributed by atoms with Crippen molar-refractivity contribution in [1.29, 1.82) is 0 Å².